The van der Waals surface area contributed by atoms with Gasteiger partial charge in [0, 0.05) is 10.6 Å². The second kappa shape index (κ2) is 7.84. The van der Waals surface area contributed by atoms with Crippen LogP contribution in [0.3, 0.4) is 0 Å². The summed E-state index contributed by atoms with van der Waals surface area (Å²) in [5.41, 5.74) is 3.81. The van der Waals surface area contributed by atoms with Crippen molar-refractivity contribution in [2.24, 2.45) is 0 Å². The number of hydrogen-bond donors (Lipinski definition) is 0. The van der Waals surface area contributed by atoms with Gasteiger partial charge in [-0.2, -0.15) is 0 Å². The molecule has 2 nitrogen and oxygen atoms in total. The van der Waals surface area contributed by atoms with Gasteiger partial charge in [-0.25, -0.2) is 4.79 Å². The molecular formula is C21H18O2S. The summed E-state index contributed by atoms with van der Waals surface area (Å²) < 4.78 is 4.97. The van der Waals surface area contributed by atoms with Crippen LogP contribution < -0.4 is 0 Å². The zero-order chi connectivity index (χ0) is 16.8. The lowest BCUT2D eigenvalue weighted by Gasteiger charge is -2.14. The van der Waals surface area contributed by atoms with Crippen molar-refractivity contribution >= 4 is 17.7 Å². The Morgan fingerprint density at radius 3 is 2.21 bits per heavy atom. The van der Waals surface area contributed by atoms with E-state index < -0.39 is 0 Å². The quantitative estimate of drug-likeness (QED) is 0.459. The Hall–Kier alpha value is -2.52. The summed E-state index contributed by atoms with van der Waals surface area (Å²) in [6.07, 6.45) is 0. The SMILES string of the molecule is COC(=O)c1cccc(-c2ccccc2)c1CSc1ccccc1. The van der Waals surface area contributed by atoms with E-state index in [0.29, 0.717) is 11.3 Å². The highest BCUT2D eigenvalue weighted by Gasteiger charge is 2.16. The first-order valence-corrected chi connectivity index (χ1v) is 8.71. The van der Waals surface area contributed by atoms with Gasteiger partial charge < -0.3 is 4.74 Å². The molecular weight excluding hydrogens is 316 g/mol. The Bertz CT molecular complexity index is 814. The van der Waals surface area contributed by atoms with Gasteiger partial charge in [0.05, 0.1) is 12.7 Å². The van der Waals surface area contributed by atoms with Crippen LogP contribution in [-0.2, 0) is 10.5 Å². The minimum absolute atomic E-state index is 0.295. The molecule has 3 aromatic rings. The van der Waals surface area contributed by atoms with E-state index >= 15 is 0 Å². The molecule has 0 radical (unpaired) electrons. The van der Waals surface area contributed by atoms with E-state index in [-0.39, 0.29) is 5.97 Å². The zero-order valence-corrected chi connectivity index (χ0v) is 14.3. The van der Waals surface area contributed by atoms with Crippen LogP contribution >= 0.6 is 11.8 Å². The van der Waals surface area contributed by atoms with E-state index in [1.54, 1.807) is 11.8 Å². The fraction of sp³-hybridized carbons (Fsp3) is 0.0952. The third-order valence-corrected chi connectivity index (χ3v) is 4.83. The van der Waals surface area contributed by atoms with Crippen LogP contribution in [0, 0.1) is 0 Å². The highest BCUT2D eigenvalue weighted by molar-refractivity contribution is 7.98. The standard InChI is InChI=1S/C21H18O2S/c1-23-21(22)19-14-8-13-18(16-9-4-2-5-10-16)20(19)15-24-17-11-6-3-7-12-17/h2-14H,15H2,1H3. The molecule has 0 spiro atoms. The molecule has 0 saturated heterocycles. The smallest absolute Gasteiger partial charge is 0.338 e. The van der Waals surface area contributed by atoms with Crippen LogP contribution in [0.4, 0.5) is 0 Å². The van der Waals surface area contributed by atoms with Crippen molar-refractivity contribution in [3.63, 3.8) is 0 Å². The van der Waals surface area contributed by atoms with Gasteiger partial charge in [-0.1, -0.05) is 60.7 Å². The molecule has 0 aliphatic carbocycles. The van der Waals surface area contributed by atoms with Gasteiger partial charge in [0.15, 0.2) is 0 Å². The molecule has 24 heavy (non-hydrogen) atoms. The van der Waals surface area contributed by atoms with Gasteiger partial charge in [-0.15, -0.1) is 11.8 Å². The Morgan fingerprint density at radius 2 is 1.54 bits per heavy atom. The van der Waals surface area contributed by atoms with Gasteiger partial charge in [0.25, 0.3) is 0 Å². The molecule has 0 aliphatic rings. The van der Waals surface area contributed by atoms with Gasteiger partial charge in [0.1, 0.15) is 0 Å². The van der Waals surface area contributed by atoms with E-state index in [0.717, 1.165) is 16.7 Å². The fourth-order valence-electron chi connectivity index (χ4n) is 2.60. The Kier molecular flexibility index (Phi) is 5.34. The first-order chi connectivity index (χ1) is 11.8. The summed E-state index contributed by atoms with van der Waals surface area (Å²) in [6.45, 7) is 0. The Labute approximate surface area is 146 Å². The molecule has 120 valence electrons. The first kappa shape index (κ1) is 16.3. The van der Waals surface area contributed by atoms with Crippen molar-refractivity contribution in [2.45, 2.75) is 10.6 Å². The average molecular weight is 334 g/mol. The van der Waals surface area contributed by atoms with Crippen LogP contribution in [0.25, 0.3) is 11.1 Å². The summed E-state index contributed by atoms with van der Waals surface area (Å²) in [5, 5.41) is 0. The highest BCUT2D eigenvalue weighted by Crippen LogP contribution is 2.32. The van der Waals surface area contributed by atoms with Crippen molar-refractivity contribution in [3.05, 3.63) is 90.0 Å². The predicted octanol–water partition coefficient (Wildman–Crippen LogP) is 5.43. The largest absolute Gasteiger partial charge is 0.465 e. The maximum Gasteiger partial charge on any atom is 0.338 e. The number of thioether (sulfide) groups is 1. The summed E-state index contributed by atoms with van der Waals surface area (Å²) in [5.74, 6) is 0.413. The van der Waals surface area contributed by atoms with E-state index in [1.807, 2.05) is 48.5 Å². The highest BCUT2D eigenvalue weighted by atomic mass is 32.2. The Balaban J connectivity index is 2.01. The molecule has 0 unspecified atom stereocenters. The molecule has 0 aromatic heterocycles. The topological polar surface area (TPSA) is 26.3 Å². The summed E-state index contributed by atoms with van der Waals surface area (Å²) >= 11 is 1.72. The normalized spacial score (nSPS) is 10.4. The first-order valence-electron chi connectivity index (χ1n) is 7.73. The van der Waals surface area contributed by atoms with Crippen molar-refractivity contribution in [2.75, 3.05) is 7.11 Å². The van der Waals surface area contributed by atoms with Crippen LogP contribution in [0.2, 0.25) is 0 Å². The maximum atomic E-state index is 12.2. The minimum atomic E-state index is -0.295. The number of benzene rings is 3. The lowest BCUT2D eigenvalue weighted by molar-refractivity contribution is 0.0600. The average Bonchev–Trinajstić information content (AvgIpc) is 2.67. The van der Waals surface area contributed by atoms with E-state index in [9.17, 15) is 4.79 Å². The second-order valence-electron chi connectivity index (χ2n) is 5.29. The summed E-state index contributed by atoms with van der Waals surface area (Å²) in [4.78, 5) is 13.4. The molecule has 0 saturated carbocycles. The number of esters is 1. The van der Waals surface area contributed by atoms with Crippen LogP contribution in [0.5, 0.6) is 0 Å². The molecule has 0 bridgehead atoms. The summed E-state index contributed by atoms with van der Waals surface area (Å²) in [6, 6.07) is 26.1. The molecule has 0 fully saturated rings. The number of carbonyl (C=O) groups is 1. The lowest BCUT2D eigenvalue weighted by Crippen LogP contribution is -2.06. The van der Waals surface area contributed by atoms with Crippen molar-refractivity contribution in [1.29, 1.82) is 0 Å². The van der Waals surface area contributed by atoms with Gasteiger partial charge >= 0.3 is 5.97 Å². The molecule has 0 aliphatic heterocycles. The third kappa shape index (κ3) is 3.69. The van der Waals surface area contributed by atoms with Crippen molar-refractivity contribution in [1.82, 2.24) is 0 Å². The van der Waals surface area contributed by atoms with Crippen LogP contribution in [-0.4, -0.2) is 13.1 Å². The molecule has 3 rings (SSSR count). The number of rotatable bonds is 5. The molecule has 0 heterocycles. The molecule has 0 amide bonds. The molecule has 0 atom stereocenters. The lowest BCUT2D eigenvalue weighted by atomic mass is 9.96. The number of methoxy groups -OCH3 is 1. The van der Waals surface area contributed by atoms with Gasteiger partial charge in [-0.05, 0) is 34.9 Å². The van der Waals surface area contributed by atoms with E-state index in [4.69, 9.17) is 4.74 Å². The minimum Gasteiger partial charge on any atom is -0.465 e. The molecule has 0 N–H and O–H groups in total. The van der Waals surface area contributed by atoms with Crippen molar-refractivity contribution < 1.29 is 9.53 Å². The van der Waals surface area contributed by atoms with E-state index in [2.05, 4.69) is 30.3 Å². The predicted molar refractivity (Wildman–Crippen MR) is 99.2 cm³/mol. The Morgan fingerprint density at radius 1 is 0.875 bits per heavy atom. The van der Waals surface area contributed by atoms with Crippen molar-refractivity contribution in [3.8, 4) is 11.1 Å². The third-order valence-electron chi connectivity index (χ3n) is 3.79. The van der Waals surface area contributed by atoms with Gasteiger partial charge in [-0.3, -0.25) is 0 Å². The zero-order valence-electron chi connectivity index (χ0n) is 13.4. The van der Waals surface area contributed by atoms with E-state index in [1.165, 1.54) is 12.0 Å². The monoisotopic (exact) mass is 334 g/mol. The summed E-state index contributed by atoms with van der Waals surface area (Å²) in [7, 11) is 1.42. The number of ether oxygens (including phenoxy) is 1. The molecule has 3 aromatic carbocycles. The van der Waals surface area contributed by atoms with Gasteiger partial charge in [0.2, 0.25) is 0 Å². The second-order valence-corrected chi connectivity index (χ2v) is 6.34. The van der Waals surface area contributed by atoms with Crippen LogP contribution in [0.1, 0.15) is 15.9 Å². The number of carbonyl (C=O) groups excluding carboxylic acids is 1. The molecule has 3 heteroatoms. The van der Waals surface area contributed by atoms with Crippen LogP contribution in [0.15, 0.2) is 83.8 Å². The maximum absolute atomic E-state index is 12.2. The fourth-order valence-corrected chi connectivity index (χ4v) is 3.58. The number of hydrogen-bond acceptors (Lipinski definition) is 3.